The number of carbonyl (C=O) groups excluding carboxylic acids is 1. The van der Waals surface area contributed by atoms with Crippen molar-refractivity contribution in [3.63, 3.8) is 0 Å². The van der Waals surface area contributed by atoms with Crippen molar-refractivity contribution >= 4 is 5.78 Å². The maximum atomic E-state index is 11.7. The Bertz CT molecular complexity index is 292. The highest BCUT2D eigenvalue weighted by molar-refractivity contribution is 6.04. The number of carbonyl (C=O) groups is 1. The zero-order valence-corrected chi connectivity index (χ0v) is 9.68. The van der Waals surface area contributed by atoms with Gasteiger partial charge in [0.25, 0.3) is 0 Å². The maximum Gasteiger partial charge on any atom is 0.181 e. The lowest BCUT2D eigenvalue weighted by molar-refractivity contribution is -0.111. The molecule has 0 saturated carbocycles. The molecule has 0 radical (unpaired) electrons. The largest absolute Gasteiger partial charge is 0.290 e. The van der Waals surface area contributed by atoms with Gasteiger partial charge in [-0.05, 0) is 50.2 Å². The van der Waals surface area contributed by atoms with Crippen LogP contribution >= 0.6 is 0 Å². The Morgan fingerprint density at radius 2 is 2.07 bits per heavy atom. The van der Waals surface area contributed by atoms with Gasteiger partial charge in [0.1, 0.15) is 0 Å². The van der Waals surface area contributed by atoms with Gasteiger partial charge >= 0.3 is 0 Å². The lowest BCUT2D eigenvalue weighted by Gasteiger charge is -2.31. The molecule has 1 aliphatic rings. The average molecular weight is 192 g/mol. The van der Waals surface area contributed by atoms with Crippen LogP contribution in [0.15, 0.2) is 23.3 Å². The lowest BCUT2D eigenvalue weighted by Crippen LogP contribution is -2.20. The summed E-state index contributed by atoms with van der Waals surface area (Å²) >= 11 is 0. The summed E-state index contributed by atoms with van der Waals surface area (Å²) < 4.78 is 0. The highest BCUT2D eigenvalue weighted by atomic mass is 16.1. The summed E-state index contributed by atoms with van der Waals surface area (Å²) in [6, 6.07) is 0. The second kappa shape index (κ2) is 4.12. The summed E-state index contributed by atoms with van der Waals surface area (Å²) in [7, 11) is 0. The highest BCUT2D eigenvalue weighted by Gasteiger charge is 2.26. The second-order valence-electron chi connectivity index (χ2n) is 4.96. The summed E-state index contributed by atoms with van der Waals surface area (Å²) in [5, 5.41) is 0. The third-order valence-electron chi connectivity index (χ3n) is 2.93. The standard InChI is InChI=1S/C13H20O/c1-5-6-12(14)11-7-8-13(3,4)9-10(11)2/h5-6H,7-9H2,1-4H3. The van der Waals surface area contributed by atoms with Crippen LogP contribution in [-0.2, 0) is 4.79 Å². The van der Waals surface area contributed by atoms with Gasteiger partial charge in [-0.1, -0.05) is 25.5 Å². The van der Waals surface area contributed by atoms with Gasteiger partial charge < -0.3 is 0 Å². The van der Waals surface area contributed by atoms with Crippen molar-refractivity contribution in [3.05, 3.63) is 23.3 Å². The van der Waals surface area contributed by atoms with E-state index in [0.29, 0.717) is 5.41 Å². The predicted octanol–water partition coefficient (Wildman–Crippen LogP) is 3.66. The Morgan fingerprint density at radius 1 is 1.43 bits per heavy atom. The molecule has 78 valence electrons. The fourth-order valence-electron chi connectivity index (χ4n) is 2.18. The highest BCUT2D eigenvalue weighted by Crippen LogP contribution is 2.38. The van der Waals surface area contributed by atoms with E-state index in [9.17, 15) is 4.79 Å². The first-order chi connectivity index (χ1) is 6.46. The number of hydrogen-bond donors (Lipinski definition) is 0. The molecule has 0 spiro atoms. The minimum Gasteiger partial charge on any atom is -0.290 e. The Labute approximate surface area is 86.9 Å². The minimum absolute atomic E-state index is 0.209. The molecule has 0 aliphatic heterocycles. The first-order valence-electron chi connectivity index (χ1n) is 5.32. The molecule has 14 heavy (non-hydrogen) atoms. The normalized spacial score (nSPS) is 21.7. The van der Waals surface area contributed by atoms with E-state index >= 15 is 0 Å². The van der Waals surface area contributed by atoms with Crippen LogP contribution in [0.1, 0.15) is 47.0 Å². The number of hydrogen-bond acceptors (Lipinski definition) is 1. The van der Waals surface area contributed by atoms with Crippen LogP contribution < -0.4 is 0 Å². The van der Waals surface area contributed by atoms with Crippen LogP contribution in [0.4, 0.5) is 0 Å². The van der Waals surface area contributed by atoms with Gasteiger partial charge in [-0.3, -0.25) is 4.79 Å². The van der Waals surface area contributed by atoms with Crippen LogP contribution in [0.2, 0.25) is 0 Å². The van der Waals surface area contributed by atoms with Crippen molar-refractivity contribution in [2.24, 2.45) is 5.41 Å². The van der Waals surface area contributed by atoms with E-state index in [-0.39, 0.29) is 5.78 Å². The molecule has 0 aromatic carbocycles. The number of rotatable bonds is 2. The molecular formula is C13H20O. The van der Waals surface area contributed by atoms with Crippen molar-refractivity contribution < 1.29 is 4.79 Å². The fourth-order valence-corrected chi connectivity index (χ4v) is 2.18. The minimum atomic E-state index is 0.209. The average Bonchev–Trinajstić information content (AvgIpc) is 2.02. The van der Waals surface area contributed by atoms with Crippen LogP contribution in [0.25, 0.3) is 0 Å². The van der Waals surface area contributed by atoms with Crippen molar-refractivity contribution in [2.45, 2.75) is 47.0 Å². The summed E-state index contributed by atoms with van der Waals surface area (Å²) in [5.74, 6) is 0.209. The van der Waals surface area contributed by atoms with E-state index in [1.165, 1.54) is 5.57 Å². The molecule has 0 fully saturated rings. The predicted molar refractivity (Wildman–Crippen MR) is 60.2 cm³/mol. The molecule has 0 N–H and O–H groups in total. The molecule has 0 amide bonds. The van der Waals surface area contributed by atoms with Crippen LogP contribution in [-0.4, -0.2) is 5.78 Å². The zero-order valence-electron chi connectivity index (χ0n) is 9.68. The summed E-state index contributed by atoms with van der Waals surface area (Å²) in [4.78, 5) is 11.7. The van der Waals surface area contributed by atoms with Gasteiger partial charge in [0.15, 0.2) is 5.78 Å². The van der Waals surface area contributed by atoms with Crippen molar-refractivity contribution in [1.82, 2.24) is 0 Å². The number of ketones is 1. The van der Waals surface area contributed by atoms with Gasteiger partial charge in [-0.25, -0.2) is 0 Å². The first-order valence-corrected chi connectivity index (χ1v) is 5.32. The smallest absolute Gasteiger partial charge is 0.181 e. The van der Waals surface area contributed by atoms with Crippen LogP contribution in [0, 0.1) is 5.41 Å². The topological polar surface area (TPSA) is 17.1 Å². The van der Waals surface area contributed by atoms with Gasteiger partial charge in [-0.15, -0.1) is 0 Å². The molecule has 0 aromatic rings. The van der Waals surface area contributed by atoms with Crippen LogP contribution in [0.3, 0.4) is 0 Å². The third kappa shape index (κ3) is 2.57. The maximum absolute atomic E-state index is 11.7. The molecule has 0 heterocycles. The fraction of sp³-hybridized carbons (Fsp3) is 0.615. The molecule has 1 rings (SSSR count). The zero-order chi connectivity index (χ0) is 10.8. The third-order valence-corrected chi connectivity index (χ3v) is 2.93. The Morgan fingerprint density at radius 3 is 2.57 bits per heavy atom. The van der Waals surface area contributed by atoms with Gasteiger partial charge in [0, 0.05) is 0 Å². The summed E-state index contributed by atoms with van der Waals surface area (Å²) in [5.41, 5.74) is 2.70. The SMILES string of the molecule is CC=CC(=O)C1=C(C)CC(C)(C)CC1. The molecule has 1 heteroatoms. The van der Waals surface area contributed by atoms with E-state index in [2.05, 4.69) is 20.8 Å². The van der Waals surface area contributed by atoms with E-state index in [1.807, 2.05) is 13.0 Å². The van der Waals surface area contributed by atoms with Gasteiger partial charge in [0.05, 0.1) is 0 Å². The van der Waals surface area contributed by atoms with Gasteiger partial charge in [-0.2, -0.15) is 0 Å². The quantitative estimate of drug-likeness (QED) is 0.610. The second-order valence-corrected chi connectivity index (χ2v) is 4.96. The Hall–Kier alpha value is -0.850. The van der Waals surface area contributed by atoms with E-state index in [1.54, 1.807) is 6.08 Å². The molecule has 1 aliphatic carbocycles. The van der Waals surface area contributed by atoms with Gasteiger partial charge in [0.2, 0.25) is 0 Å². The van der Waals surface area contributed by atoms with E-state index in [4.69, 9.17) is 0 Å². The monoisotopic (exact) mass is 192 g/mol. The molecular weight excluding hydrogens is 172 g/mol. The van der Waals surface area contributed by atoms with Crippen molar-refractivity contribution in [1.29, 1.82) is 0 Å². The molecule has 0 saturated heterocycles. The number of allylic oxidation sites excluding steroid dienone is 4. The molecule has 0 bridgehead atoms. The van der Waals surface area contributed by atoms with E-state index in [0.717, 1.165) is 24.8 Å². The molecule has 0 unspecified atom stereocenters. The molecule has 1 nitrogen and oxygen atoms in total. The molecule has 0 aromatic heterocycles. The summed E-state index contributed by atoms with van der Waals surface area (Å²) in [6.45, 7) is 8.53. The first kappa shape index (κ1) is 11.2. The Balaban J connectivity index is 2.86. The van der Waals surface area contributed by atoms with Crippen molar-refractivity contribution in [2.75, 3.05) is 0 Å². The lowest BCUT2D eigenvalue weighted by atomic mass is 9.74. The van der Waals surface area contributed by atoms with Crippen molar-refractivity contribution in [3.8, 4) is 0 Å². The Kier molecular flexibility index (Phi) is 3.30. The van der Waals surface area contributed by atoms with Crippen LogP contribution in [0.5, 0.6) is 0 Å². The van der Waals surface area contributed by atoms with E-state index < -0.39 is 0 Å². The summed E-state index contributed by atoms with van der Waals surface area (Å²) in [6.07, 6.45) is 6.64. The molecule has 0 atom stereocenters.